The lowest BCUT2D eigenvalue weighted by Crippen LogP contribution is -2.42. The van der Waals surface area contributed by atoms with Gasteiger partial charge in [0.2, 0.25) is 11.8 Å². The molecule has 84 valence electrons. The zero-order valence-electron chi connectivity index (χ0n) is 9.03. The van der Waals surface area contributed by atoms with E-state index in [4.69, 9.17) is 0 Å². The van der Waals surface area contributed by atoms with Crippen LogP contribution < -0.4 is 5.32 Å². The molecule has 0 aliphatic carbocycles. The summed E-state index contributed by atoms with van der Waals surface area (Å²) in [5.41, 5.74) is 0. The maximum absolute atomic E-state index is 11.8. The van der Waals surface area contributed by atoms with Gasteiger partial charge in [0.1, 0.15) is 0 Å². The first kappa shape index (κ1) is 10.4. The van der Waals surface area contributed by atoms with E-state index in [1.54, 1.807) is 4.90 Å². The Kier molecular flexibility index (Phi) is 2.90. The minimum absolute atomic E-state index is 0.00250. The van der Waals surface area contributed by atoms with E-state index in [9.17, 15) is 9.59 Å². The van der Waals surface area contributed by atoms with Gasteiger partial charge in [0.25, 0.3) is 0 Å². The van der Waals surface area contributed by atoms with Crippen molar-refractivity contribution < 1.29 is 9.59 Å². The number of hydrogen-bond acceptors (Lipinski definition) is 3. The van der Waals surface area contributed by atoms with Gasteiger partial charge >= 0.3 is 0 Å². The number of nitrogens with one attached hydrogen (secondary N) is 1. The lowest BCUT2D eigenvalue weighted by Gasteiger charge is -2.24. The highest BCUT2D eigenvalue weighted by Crippen LogP contribution is 2.16. The van der Waals surface area contributed by atoms with Gasteiger partial charge in [-0.15, -0.1) is 0 Å². The topological polar surface area (TPSA) is 52.6 Å². The number of amides is 2. The molecule has 2 rings (SSSR count). The minimum Gasteiger partial charge on any atom is -0.355 e. The second-order valence-electron chi connectivity index (χ2n) is 4.20. The van der Waals surface area contributed by atoms with E-state index in [-0.39, 0.29) is 17.9 Å². The molecule has 0 aromatic rings. The van der Waals surface area contributed by atoms with Crippen LogP contribution in [0.15, 0.2) is 0 Å². The fourth-order valence-electron chi connectivity index (χ4n) is 2.24. The Hall–Kier alpha value is -1.10. The molecule has 2 fully saturated rings. The van der Waals surface area contributed by atoms with Crippen LogP contribution in [0.4, 0.5) is 0 Å². The highest BCUT2D eigenvalue weighted by atomic mass is 16.2. The molecule has 0 aromatic carbocycles. The molecular weight excluding hydrogens is 194 g/mol. The Morgan fingerprint density at radius 1 is 1.27 bits per heavy atom. The summed E-state index contributed by atoms with van der Waals surface area (Å²) in [7, 11) is 1.84. The van der Waals surface area contributed by atoms with Crippen LogP contribution in [-0.2, 0) is 9.59 Å². The third-order valence-electron chi connectivity index (χ3n) is 3.19. The number of likely N-dealkylation sites (tertiary alicyclic amines) is 1. The van der Waals surface area contributed by atoms with Crippen LogP contribution in [0.25, 0.3) is 0 Å². The fraction of sp³-hybridized carbons (Fsp3) is 0.800. The minimum atomic E-state index is 0.00250. The van der Waals surface area contributed by atoms with Crippen LogP contribution in [0, 0.1) is 0 Å². The van der Waals surface area contributed by atoms with Gasteiger partial charge in [-0.1, -0.05) is 0 Å². The first-order chi connectivity index (χ1) is 7.18. The Balaban J connectivity index is 1.98. The first-order valence-corrected chi connectivity index (χ1v) is 5.44. The molecule has 0 aromatic heterocycles. The standard InChI is InChI=1S/C10H17N3O2/c1-12-5-2-8(10(12)15)13-6-3-9(14)11-4-7-13/h8H,2-7H2,1H3,(H,11,14)/t8-/m1/s1. The highest BCUT2D eigenvalue weighted by Gasteiger charge is 2.34. The molecule has 2 aliphatic rings. The lowest BCUT2D eigenvalue weighted by atomic mass is 10.2. The second kappa shape index (κ2) is 4.18. The van der Waals surface area contributed by atoms with Crippen molar-refractivity contribution >= 4 is 11.8 Å². The zero-order chi connectivity index (χ0) is 10.8. The third kappa shape index (κ3) is 2.12. The monoisotopic (exact) mass is 211 g/mol. The number of likely N-dealkylation sites (N-methyl/N-ethyl adjacent to an activating group) is 1. The van der Waals surface area contributed by atoms with E-state index in [0.717, 1.165) is 19.5 Å². The van der Waals surface area contributed by atoms with Crippen molar-refractivity contribution in [2.45, 2.75) is 18.9 Å². The Morgan fingerprint density at radius 3 is 2.73 bits per heavy atom. The normalized spacial score (nSPS) is 29.1. The Morgan fingerprint density at radius 2 is 2.07 bits per heavy atom. The summed E-state index contributed by atoms with van der Waals surface area (Å²) >= 11 is 0. The zero-order valence-corrected chi connectivity index (χ0v) is 9.03. The molecule has 2 heterocycles. The van der Waals surface area contributed by atoms with Crippen LogP contribution in [-0.4, -0.2) is 60.9 Å². The highest BCUT2D eigenvalue weighted by molar-refractivity contribution is 5.84. The van der Waals surface area contributed by atoms with Crippen LogP contribution in [0.3, 0.4) is 0 Å². The van der Waals surface area contributed by atoms with Gasteiger partial charge in [-0.2, -0.15) is 0 Å². The smallest absolute Gasteiger partial charge is 0.239 e. The molecular formula is C10H17N3O2. The summed E-state index contributed by atoms with van der Waals surface area (Å²) < 4.78 is 0. The predicted octanol–water partition coefficient (Wildman–Crippen LogP) is -0.961. The van der Waals surface area contributed by atoms with Crippen molar-refractivity contribution in [3.8, 4) is 0 Å². The molecule has 0 spiro atoms. The van der Waals surface area contributed by atoms with Crippen molar-refractivity contribution in [1.29, 1.82) is 0 Å². The van der Waals surface area contributed by atoms with Crippen molar-refractivity contribution in [3.05, 3.63) is 0 Å². The van der Waals surface area contributed by atoms with Gasteiger partial charge < -0.3 is 10.2 Å². The Bertz CT molecular complexity index is 280. The molecule has 2 saturated heterocycles. The molecule has 5 heteroatoms. The van der Waals surface area contributed by atoms with E-state index in [1.807, 2.05) is 7.05 Å². The molecule has 0 unspecified atom stereocenters. The summed E-state index contributed by atoms with van der Waals surface area (Å²) in [6, 6.07) is 0.00250. The molecule has 0 bridgehead atoms. The summed E-state index contributed by atoms with van der Waals surface area (Å²) in [6.45, 7) is 2.99. The molecule has 1 N–H and O–H groups in total. The van der Waals surface area contributed by atoms with Crippen LogP contribution >= 0.6 is 0 Å². The van der Waals surface area contributed by atoms with Gasteiger partial charge in [-0.05, 0) is 6.42 Å². The quantitative estimate of drug-likeness (QED) is 0.608. The molecule has 2 amide bonds. The average Bonchev–Trinajstić information content (AvgIpc) is 2.43. The Labute approximate surface area is 89.4 Å². The molecule has 15 heavy (non-hydrogen) atoms. The fourth-order valence-corrected chi connectivity index (χ4v) is 2.24. The number of hydrogen-bond donors (Lipinski definition) is 1. The lowest BCUT2D eigenvalue weighted by molar-refractivity contribution is -0.131. The van der Waals surface area contributed by atoms with Gasteiger partial charge in [-0.3, -0.25) is 14.5 Å². The van der Waals surface area contributed by atoms with E-state index in [0.29, 0.717) is 19.5 Å². The molecule has 5 nitrogen and oxygen atoms in total. The predicted molar refractivity (Wildman–Crippen MR) is 55.2 cm³/mol. The maximum Gasteiger partial charge on any atom is 0.239 e. The third-order valence-corrected chi connectivity index (χ3v) is 3.19. The summed E-state index contributed by atoms with van der Waals surface area (Å²) in [6.07, 6.45) is 1.40. The van der Waals surface area contributed by atoms with Crippen LogP contribution in [0.2, 0.25) is 0 Å². The SMILES string of the molecule is CN1CC[C@@H](N2CCNC(=O)CC2)C1=O. The number of carbonyl (C=O) groups is 2. The summed E-state index contributed by atoms with van der Waals surface area (Å²) in [5.74, 6) is 0.292. The summed E-state index contributed by atoms with van der Waals surface area (Å²) in [4.78, 5) is 26.8. The molecule has 1 atom stereocenters. The first-order valence-electron chi connectivity index (χ1n) is 5.44. The van der Waals surface area contributed by atoms with Crippen molar-refractivity contribution in [2.24, 2.45) is 0 Å². The number of carbonyl (C=O) groups excluding carboxylic acids is 2. The van der Waals surface area contributed by atoms with Gasteiger partial charge in [0.05, 0.1) is 6.04 Å². The number of nitrogens with zero attached hydrogens (tertiary/aromatic N) is 2. The van der Waals surface area contributed by atoms with Crippen molar-refractivity contribution in [1.82, 2.24) is 15.1 Å². The number of rotatable bonds is 1. The van der Waals surface area contributed by atoms with Crippen LogP contribution in [0.1, 0.15) is 12.8 Å². The van der Waals surface area contributed by atoms with Crippen molar-refractivity contribution in [2.75, 3.05) is 33.2 Å². The van der Waals surface area contributed by atoms with E-state index < -0.39 is 0 Å². The largest absolute Gasteiger partial charge is 0.355 e. The van der Waals surface area contributed by atoms with Crippen LogP contribution in [0.5, 0.6) is 0 Å². The molecule has 0 saturated carbocycles. The van der Waals surface area contributed by atoms with E-state index >= 15 is 0 Å². The molecule has 2 aliphatic heterocycles. The summed E-state index contributed by atoms with van der Waals surface area (Å²) in [5, 5.41) is 2.82. The van der Waals surface area contributed by atoms with Gasteiger partial charge in [-0.25, -0.2) is 0 Å². The van der Waals surface area contributed by atoms with Gasteiger partial charge in [0.15, 0.2) is 0 Å². The maximum atomic E-state index is 11.8. The molecule has 0 radical (unpaired) electrons. The average molecular weight is 211 g/mol. The van der Waals surface area contributed by atoms with Gasteiger partial charge in [0, 0.05) is 39.6 Å². The van der Waals surface area contributed by atoms with E-state index in [1.165, 1.54) is 0 Å². The van der Waals surface area contributed by atoms with Crippen molar-refractivity contribution in [3.63, 3.8) is 0 Å². The van der Waals surface area contributed by atoms with E-state index in [2.05, 4.69) is 10.2 Å². The second-order valence-corrected chi connectivity index (χ2v) is 4.20.